The van der Waals surface area contributed by atoms with E-state index in [9.17, 15) is 26.7 Å². The number of hydrogen-bond donors (Lipinski definition) is 2. The number of ether oxygens (including phenoxy) is 1. The van der Waals surface area contributed by atoms with E-state index in [-0.39, 0.29) is 31.2 Å². The Morgan fingerprint density at radius 2 is 1.92 bits per heavy atom. The van der Waals surface area contributed by atoms with Crippen LogP contribution in [-0.4, -0.2) is 62.4 Å². The van der Waals surface area contributed by atoms with Crippen LogP contribution in [0.5, 0.6) is 5.75 Å². The number of alkyl halides is 3. The Labute approximate surface area is 153 Å². The van der Waals surface area contributed by atoms with E-state index in [1.54, 1.807) is 0 Å². The van der Waals surface area contributed by atoms with Gasteiger partial charge in [0.05, 0.1) is 0 Å². The lowest BCUT2D eigenvalue weighted by Gasteiger charge is -2.35. The highest BCUT2D eigenvalue weighted by Gasteiger charge is 2.43. The predicted octanol–water partition coefficient (Wildman–Crippen LogP) is 1.72. The molecule has 1 heterocycles. The van der Waals surface area contributed by atoms with E-state index >= 15 is 0 Å². The number of carbonyl (C=O) groups is 1. The monoisotopic (exact) mass is 403 g/mol. The Morgan fingerprint density at radius 3 is 2.50 bits per heavy atom. The van der Waals surface area contributed by atoms with Crippen molar-refractivity contribution in [3.8, 4) is 5.75 Å². The minimum absolute atomic E-state index is 0. The van der Waals surface area contributed by atoms with Gasteiger partial charge >= 0.3 is 6.18 Å². The molecule has 1 aliphatic rings. The molecular weight excluding hydrogens is 385 g/mol. The molecule has 1 saturated heterocycles. The Morgan fingerprint density at radius 1 is 1.27 bits per heavy atom. The Balaban J connectivity index is 0.00000338. The fraction of sp³-hybridized carbons (Fsp3) is 0.533. The topological polar surface area (TPSA) is 53.6 Å². The molecule has 2 rings (SSSR count). The van der Waals surface area contributed by atoms with Gasteiger partial charge in [-0.05, 0) is 12.1 Å². The van der Waals surface area contributed by atoms with Crippen molar-refractivity contribution >= 4 is 18.3 Å². The van der Waals surface area contributed by atoms with Crippen LogP contribution in [0.4, 0.5) is 22.0 Å². The van der Waals surface area contributed by atoms with Gasteiger partial charge in [-0.15, -0.1) is 12.4 Å². The lowest BCUT2D eigenvalue weighted by Crippen LogP contribution is -2.57. The first-order chi connectivity index (χ1) is 11.8. The maximum atomic E-state index is 13.4. The summed E-state index contributed by atoms with van der Waals surface area (Å²) in [5, 5.41) is 5.10. The van der Waals surface area contributed by atoms with Crippen molar-refractivity contribution in [1.29, 1.82) is 0 Å². The SMILES string of the molecule is Cl.O=C(COc1ccc(F)cc1F)NCC(N1CCNCC1)C(F)(F)F. The summed E-state index contributed by atoms with van der Waals surface area (Å²) in [4.78, 5) is 12.9. The molecule has 1 atom stereocenters. The van der Waals surface area contributed by atoms with Crippen LogP contribution in [0.1, 0.15) is 0 Å². The zero-order chi connectivity index (χ0) is 18.4. The highest BCUT2D eigenvalue weighted by Crippen LogP contribution is 2.24. The van der Waals surface area contributed by atoms with Crippen molar-refractivity contribution in [3.63, 3.8) is 0 Å². The largest absolute Gasteiger partial charge is 0.481 e. The molecule has 1 aromatic rings. The second-order valence-electron chi connectivity index (χ2n) is 5.51. The fourth-order valence-corrected chi connectivity index (χ4v) is 2.44. The van der Waals surface area contributed by atoms with Gasteiger partial charge in [0, 0.05) is 38.8 Å². The molecule has 2 N–H and O–H groups in total. The highest BCUT2D eigenvalue weighted by molar-refractivity contribution is 5.85. The minimum atomic E-state index is -4.49. The number of rotatable bonds is 6. The van der Waals surface area contributed by atoms with Gasteiger partial charge < -0.3 is 15.4 Å². The summed E-state index contributed by atoms with van der Waals surface area (Å²) in [6.45, 7) is 0.0158. The second-order valence-corrected chi connectivity index (χ2v) is 5.51. The summed E-state index contributed by atoms with van der Waals surface area (Å²) in [6.07, 6.45) is -4.49. The second kappa shape index (κ2) is 9.89. The molecule has 1 unspecified atom stereocenters. The summed E-state index contributed by atoms with van der Waals surface area (Å²) >= 11 is 0. The maximum absolute atomic E-state index is 13.4. The summed E-state index contributed by atoms with van der Waals surface area (Å²) in [7, 11) is 0. The third-order valence-electron chi connectivity index (χ3n) is 3.72. The van der Waals surface area contributed by atoms with Crippen LogP contribution in [0.2, 0.25) is 0 Å². The average Bonchev–Trinajstić information content (AvgIpc) is 2.54. The van der Waals surface area contributed by atoms with Crippen LogP contribution in [0.25, 0.3) is 0 Å². The number of hydrogen-bond acceptors (Lipinski definition) is 4. The molecule has 26 heavy (non-hydrogen) atoms. The van der Waals surface area contributed by atoms with Crippen LogP contribution in [-0.2, 0) is 4.79 Å². The Bertz CT molecular complexity index is 597. The van der Waals surface area contributed by atoms with Crippen molar-refractivity contribution in [2.45, 2.75) is 12.2 Å². The molecule has 0 radical (unpaired) electrons. The molecule has 1 fully saturated rings. The average molecular weight is 404 g/mol. The molecule has 0 bridgehead atoms. The first kappa shape index (κ1) is 22.4. The van der Waals surface area contributed by atoms with Crippen LogP contribution >= 0.6 is 12.4 Å². The van der Waals surface area contributed by atoms with Gasteiger partial charge in [0.15, 0.2) is 18.2 Å². The van der Waals surface area contributed by atoms with E-state index in [4.69, 9.17) is 4.74 Å². The Kier molecular flexibility index (Phi) is 8.51. The number of nitrogens with zero attached hydrogens (tertiary/aromatic N) is 1. The molecule has 5 nitrogen and oxygen atoms in total. The molecule has 1 aromatic carbocycles. The molecular formula is C15H19ClF5N3O2. The lowest BCUT2D eigenvalue weighted by atomic mass is 10.2. The maximum Gasteiger partial charge on any atom is 0.405 e. The van der Waals surface area contributed by atoms with Crippen LogP contribution in [0.15, 0.2) is 18.2 Å². The van der Waals surface area contributed by atoms with Gasteiger partial charge in [-0.2, -0.15) is 13.2 Å². The highest BCUT2D eigenvalue weighted by atomic mass is 35.5. The lowest BCUT2D eigenvalue weighted by molar-refractivity contribution is -0.184. The molecule has 1 amide bonds. The standard InChI is InChI=1S/C15H18F5N3O2.ClH/c16-10-1-2-12(11(17)7-10)25-9-14(24)22-8-13(15(18,19)20)23-5-3-21-4-6-23;/h1-2,7,13,21H,3-6,8-9H2,(H,22,24);1H. The van der Waals surface area contributed by atoms with Gasteiger partial charge in [-0.3, -0.25) is 9.69 Å². The summed E-state index contributed by atoms with van der Waals surface area (Å²) in [5.41, 5.74) is 0. The molecule has 0 spiro atoms. The zero-order valence-corrected chi connectivity index (χ0v) is 14.4. The van der Waals surface area contributed by atoms with Crippen LogP contribution in [0, 0.1) is 11.6 Å². The van der Waals surface area contributed by atoms with Crippen LogP contribution < -0.4 is 15.4 Å². The van der Waals surface area contributed by atoms with E-state index in [0.29, 0.717) is 19.2 Å². The molecule has 148 valence electrons. The van der Waals surface area contributed by atoms with E-state index in [1.165, 1.54) is 4.90 Å². The van der Waals surface area contributed by atoms with Gasteiger partial charge in [0.2, 0.25) is 0 Å². The number of benzene rings is 1. The molecule has 11 heteroatoms. The first-order valence-corrected chi connectivity index (χ1v) is 7.63. The third kappa shape index (κ3) is 6.58. The fourth-order valence-electron chi connectivity index (χ4n) is 2.44. The summed E-state index contributed by atoms with van der Waals surface area (Å²) in [5.74, 6) is -2.99. The number of nitrogens with one attached hydrogen (secondary N) is 2. The van der Waals surface area contributed by atoms with Gasteiger partial charge in [-0.25, -0.2) is 8.78 Å². The van der Waals surface area contributed by atoms with Crippen molar-refractivity contribution in [2.24, 2.45) is 0 Å². The first-order valence-electron chi connectivity index (χ1n) is 7.63. The quantitative estimate of drug-likeness (QED) is 0.710. The van der Waals surface area contributed by atoms with Crippen molar-refractivity contribution in [1.82, 2.24) is 15.5 Å². The third-order valence-corrected chi connectivity index (χ3v) is 3.72. The van der Waals surface area contributed by atoms with Gasteiger partial charge in [0.1, 0.15) is 11.9 Å². The van der Waals surface area contributed by atoms with Crippen molar-refractivity contribution in [2.75, 3.05) is 39.3 Å². The predicted molar refractivity (Wildman–Crippen MR) is 86.4 cm³/mol. The van der Waals surface area contributed by atoms with E-state index < -0.39 is 42.9 Å². The van der Waals surface area contributed by atoms with E-state index in [1.807, 2.05) is 0 Å². The van der Waals surface area contributed by atoms with Crippen molar-refractivity contribution in [3.05, 3.63) is 29.8 Å². The molecule has 0 aromatic heterocycles. The van der Waals surface area contributed by atoms with E-state index in [0.717, 1.165) is 12.1 Å². The molecule has 1 aliphatic heterocycles. The Hall–Kier alpha value is -1.65. The summed E-state index contributed by atoms with van der Waals surface area (Å²) in [6, 6.07) is 0.718. The van der Waals surface area contributed by atoms with Gasteiger partial charge in [-0.1, -0.05) is 0 Å². The molecule has 0 aliphatic carbocycles. The normalized spacial score (nSPS) is 16.5. The van der Waals surface area contributed by atoms with Gasteiger partial charge in [0.25, 0.3) is 5.91 Å². The van der Waals surface area contributed by atoms with Crippen molar-refractivity contribution < 1.29 is 31.5 Å². The number of carbonyl (C=O) groups excluding carboxylic acids is 1. The minimum Gasteiger partial charge on any atom is -0.481 e. The number of amides is 1. The molecule has 0 saturated carbocycles. The smallest absolute Gasteiger partial charge is 0.405 e. The van der Waals surface area contributed by atoms with E-state index in [2.05, 4.69) is 10.6 Å². The van der Waals surface area contributed by atoms with Crippen LogP contribution in [0.3, 0.4) is 0 Å². The number of piperazine rings is 1. The number of halogens is 6. The zero-order valence-electron chi connectivity index (χ0n) is 13.6. The summed E-state index contributed by atoms with van der Waals surface area (Å²) < 4.78 is 70.5.